The van der Waals surface area contributed by atoms with Gasteiger partial charge in [-0.25, -0.2) is 8.78 Å². The first-order chi connectivity index (χ1) is 10.5. The standard InChI is InChI=1S/C14H9F5O4/c1-5-7(15)2-6(3-8(5)16)11-9(20)4-10(21)13(12(11)22)23-14(17,18)19/h2-4,20-22H,1H3. The van der Waals surface area contributed by atoms with Gasteiger partial charge < -0.3 is 20.1 Å². The zero-order chi connectivity index (χ0) is 17.5. The number of alkyl halides is 3. The Hall–Kier alpha value is -2.71. The van der Waals surface area contributed by atoms with Gasteiger partial charge in [0, 0.05) is 11.6 Å². The maximum absolute atomic E-state index is 13.6. The first-order valence-electron chi connectivity index (χ1n) is 6.01. The highest BCUT2D eigenvalue weighted by Crippen LogP contribution is 2.50. The molecule has 0 saturated heterocycles. The van der Waals surface area contributed by atoms with Crippen molar-refractivity contribution in [1.82, 2.24) is 0 Å². The van der Waals surface area contributed by atoms with Crippen LogP contribution in [0, 0.1) is 18.6 Å². The minimum absolute atomic E-state index is 0.349. The molecule has 0 unspecified atom stereocenters. The van der Waals surface area contributed by atoms with Gasteiger partial charge >= 0.3 is 6.36 Å². The van der Waals surface area contributed by atoms with E-state index in [0.717, 1.165) is 6.92 Å². The van der Waals surface area contributed by atoms with Crippen molar-refractivity contribution in [2.45, 2.75) is 13.3 Å². The van der Waals surface area contributed by atoms with Crippen molar-refractivity contribution in [3.63, 3.8) is 0 Å². The van der Waals surface area contributed by atoms with Crippen molar-refractivity contribution in [2.75, 3.05) is 0 Å². The van der Waals surface area contributed by atoms with Crippen molar-refractivity contribution in [2.24, 2.45) is 0 Å². The van der Waals surface area contributed by atoms with Gasteiger partial charge in [-0.2, -0.15) is 0 Å². The van der Waals surface area contributed by atoms with Crippen LogP contribution in [0.2, 0.25) is 0 Å². The summed E-state index contributed by atoms with van der Waals surface area (Å²) in [5.74, 6) is -6.88. The van der Waals surface area contributed by atoms with Crippen LogP contribution < -0.4 is 4.74 Å². The van der Waals surface area contributed by atoms with Crippen LogP contribution in [0.15, 0.2) is 18.2 Å². The Labute approximate surface area is 126 Å². The van der Waals surface area contributed by atoms with Gasteiger partial charge in [0.25, 0.3) is 0 Å². The molecular weight excluding hydrogens is 327 g/mol. The fourth-order valence-corrected chi connectivity index (χ4v) is 1.91. The van der Waals surface area contributed by atoms with Gasteiger partial charge in [0.2, 0.25) is 5.75 Å². The van der Waals surface area contributed by atoms with E-state index < -0.39 is 52.1 Å². The summed E-state index contributed by atoms with van der Waals surface area (Å²) in [6.07, 6.45) is -5.24. The van der Waals surface area contributed by atoms with Crippen molar-refractivity contribution in [3.05, 3.63) is 35.4 Å². The highest BCUT2D eigenvalue weighted by molar-refractivity contribution is 5.81. The van der Waals surface area contributed by atoms with E-state index in [4.69, 9.17) is 0 Å². The summed E-state index contributed by atoms with van der Waals surface area (Å²) in [4.78, 5) is 0. The average molecular weight is 336 g/mol. The van der Waals surface area contributed by atoms with E-state index in [-0.39, 0.29) is 5.56 Å². The lowest BCUT2D eigenvalue weighted by atomic mass is 10.0. The summed E-state index contributed by atoms with van der Waals surface area (Å²) in [7, 11) is 0. The van der Waals surface area contributed by atoms with E-state index in [2.05, 4.69) is 4.74 Å². The Bertz CT molecular complexity index is 748. The van der Waals surface area contributed by atoms with Crippen LogP contribution in [0.1, 0.15) is 5.56 Å². The Kier molecular flexibility index (Phi) is 3.97. The molecular formula is C14H9F5O4. The maximum Gasteiger partial charge on any atom is 0.573 e. The number of phenols is 3. The first kappa shape index (κ1) is 16.7. The van der Waals surface area contributed by atoms with E-state index in [0.29, 0.717) is 18.2 Å². The second-order valence-corrected chi connectivity index (χ2v) is 4.58. The Morgan fingerprint density at radius 3 is 1.91 bits per heavy atom. The molecule has 9 heteroatoms. The van der Waals surface area contributed by atoms with Crippen LogP contribution in [-0.4, -0.2) is 21.7 Å². The summed E-state index contributed by atoms with van der Waals surface area (Å²) in [6.45, 7) is 1.13. The van der Waals surface area contributed by atoms with Gasteiger partial charge in [-0.1, -0.05) is 0 Å². The number of aromatic hydroxyl groups is 3. The molecule has 0 heterocycles. The van der Waals surface area contributed by atoms with Crippen molar-refractivity contribution >= 4 is 0 Å². The molecule has 0 fully saturated rings. The molecule has 4 nitrogen and oxygen atoms in total. The lowest BCUT2D eigenvalue weighted by Gasteiger charge is -2.16. The molecule has 2 aromatic rings. The Morgan fingerprint density at radius 2 is 1.43 bits per heavy atom. The molecule has 0 bridgehead atoms. The number of benzene rings is 2. The Balaban J connectivity index is 2.70. The topological polar surface area (TPSA) is 69.9 Å². The number of halogens is 5. The molecule has 23 heavy (non-hydrogen) atoms. The second kappa shape index (κ2) is 5.49. The molecule has 0 aliphatic heterocycles. The molecule has 3 N–H and O–H groups in total. The van der Waals surface area contributed by atoms with E-state index in [9.17, 15) is 37.3 Å². The molecule has 0 saturated carbocycles. The van der Waals surface area contributed by atoms with Gasteiger partial charge in [0.15, 0.2) is 11.5 Å². The minimum Gasteiger partial charge on any atom is -0.507 e. The van der Waals surface area contributed by atoms with Crippen molar-refractivity contribution in [3.8, 4) is 34.1 Å². The third kappa shape index (κ3) is 3.22. The molecule has 0 radical (unpaired) electrons. The quantitative estimate of drug-likeness (QED) is 0.726. The van der Waals surface area contributed by atoms with Crippen LogP contribution >= 0.6 is 0 Å². The van der Waals surface area contributed by atoms with Crippen LogP contribution in [-0.2, 0) is 0 Å². The molecule has 0 aliphatic carbocycles. The molecule has 2 rings (SSSR count). The van der Waals surface area contributed by atoms with Gasteiger partial charge in [0.1, 0.15) is 17.4 Å². The van der Waals surface area contributed by atoms with Crippen molar-refractivity contribution < 1.29 is 42.0 Å². The van der Waals surface area contributed by atoms with Crippen LogP contribution in [0.25, 0.3) is 11.1 Å². The molecule has 124 valence electrons. The van der Waals surface area contributed by atoms with E-state index in [1.807, 2.05) is 0 Å². The summed E-state index contributed by atoms with van der Waals surface area (Å²) in [6, 6.07) is 1.87. The van der Waals surface area contributed by atoms with Crippen molar-refractivity contribution in [1.29, 1.82) is 0 Å². The smallest absolute Gasteiger partial charge is 0.507 e. The summed E-state index contributed by atoms with van der Waals surface area (Å²) < 4.78 is 67.5. The Morgan fingerprint density at radius 1 is 0.913 bits per heavy atom. The van der Waals surface area contributed by atoms with Gasteiger partial charge in [0.05, 0.1) is 5.56 Å². The number of ether oxygens (including phenoxy) is 1. The van der Waals surface area contributed by atoms with Gasteiger partial charge in [-0.3, -0.25) is 0 Å². The predicted molar refractivity (Wildman–Crippen MR) is 68.2 cm³/mol. The lowest BCUT2D eigenvalue weighted by Crippen LogP contribution is -2.17. The van der Waals surface area contributed by atoms with E-state index >= 15 is 0 Å². The summed E-state index contributed by atoms with van der Waals surface area (Å²) >= 11 is 0. The highest BCUT2D eigenvalue weighted by Gasteiger charge is 2.35. The highest BCUT2D eigenvalue weighted by atomic mass is 19.4. The number of hydrogen-bond acceptors (Lipinski definition) is 4. The van der Waals surface area contributed by atoms with Crippen LogP contribution in [0.4, 0.5) is 22.0 Å². The van der Waals surface area contributed by atoms with Gasteiger partial charge in [-0.05, 0) is 24.6 Å². The number of hydrogen-bond donors (Lipinski definition) is 3. The van der Waals surface area contributed by atoms with E-state index in [1.165, 1.54) is 0 Å². The maximum atomic E-state index is 13.6. The first-order valence-corrected chi connectivity index (χ1v) is 6.01. The third-order valence-corrected chi connectivity index (χ3v) is 3.00. The van der Waals surface area contributed by atoms with Crippen LogP contribution in [0.3, 0.4) is 0 Å². The normalized spacial score (nSPS) is 11.6. The summed E-state index contributed by atoms with van der Waals surface area (Å²) in [5.41, 5.74) is -1.51. The molecule has 2 aromatic carbocycles. The zero-order valence-corrected chi connectivity index (χ0v) is 11.4. The molecule has 0 spiro atoms. The molecule has 0 atom stereocenters. The number of phenolic OH excluding ortho intramolecular Hbond substituents is 3. The van der Waals surface area contributed by atoms with E-state index in [1.54, 1.807) is 0 Å². The van der Waals surface area contributed by atoms with Crippen LogP contribution in [0.5, 0.6) is 23.0 Å². The molecule has 0 aliphatic rings. The minimum atomic E-state index is -5.24. The SMILES string of the molecule is Cc1c(F)cc(-c2c(O)cc(O)c(OC(F)(F)F)c2O)cc1F. The fraction of sp³-hybridized carbons (Fsp3) is 0.143. The summed E-state index contributed by atoms with van der Waals surface area (Å²) in [5, 5.41) is 28.9. The predicted octanol–water partition coefficient (Wildman–Crippen LogP) is 3.96. The zero-order valence-electron chi connectivity index (χ0n) is 11.4. The largest absolute Gasteiger partial charge is 0.573 e. The fourth-order valence-electron chi connectivity index (χ4n) is 1.91. The van der Waals surface area contributed by atoms with Gasteiger partial charge in [-0.15, -0.1) is 13.2 Å². The second-order valence-electron chi connectivity index (χ2n) is 4.58. The number of rotatable bonds is 2. The third-order valence-electron chi connectivity index (χ3n) is 3.00. The molecule has 0 aromatic heterocycles. The average Bonchev–Trinajstić information content (AvgIpc) is 2.39. The monoisotopic (exact) mass is 336 g/mol. The lowest BCUT2D eigenvalue weighted by molar-refractivity contribution is -0.275. The molecule has 0 amide bonds.